The molecule has 0 amide bonds. The highest BCUT2D eigenvalue weighted by molar-refractivity contribution is 7.19. The Morgan fingerprint density at radius 3 is 2.81 bits per heavy atom. The lowest BCUT2D eigenvalue weighted by Gasteiger charge is -2.27. The molecular weight excluding hydrogens is 352 g/mol. The van der Waals surface area contributed by atoms with Gasteiger partial charge in [0, 0.05) is 65.3 Å². The number of aryl methyl sites for hydroxylation is 1. The van der Waals surface area contributed by atoms with E-state index in [-0.39, 0.29) is 0 Å². The van der Waals surface area contributed by atoms with Crippen LogP contribution >= 0.6 is 11.3 Å². The average Bonchev–Trinajstić information content (AvgIpc) is 3.04. The fourth-order valence-corrected chi connectivity index (χ4v) is 4.98. The number of nitrogens with zero attached hydrogens (tertiary/aromatic N) is 4. The topological polar surface area (TPSA) is 41.9 Å². The number of benzene rings is 1. The van der Waals surface area contributed by atoms with Gasteiger partial charge in [0.2, 0.25) is 0 Å². The predicted octanol–water partition coefficient (Wildman–Crippen LogP) is 4.62. The van der Waals surface area contributed by atoms with Crippen LogP contribution in [-0.4, -0.2) is 26.4 Å². The Hall–Kier alpha value is -2.63. The Morgan fingerprint density at radius 2 is 1.96 bits per heavy atom. The van der Waals surface area contributed by atoms with Crippen molar-refractivity contribution in [3.05, 3.63) is 76.7 Å². The third-order valence-corrected chi connectivity index (χ3v) is 6.52. The van der Waals surface area contributed by atoms with Crippen molar-refractivity contribution in [3.63, 3.8) is 0 Å². The molecule has 1 aliphatic heterocycles. The quantitative estimate of drug-likeness (QED) is 0.526. The molecule has 0 radical (unpaired) electrons. The third-order valence-electron chi connectivity index (χ3n) is 5.26. The van der Waals surface area contributed by atoms with E-state index in [1.54, 1.807) is 12.4 Å². The fraction of sp³-hybridized carbons (Fsp3) is 0.227. The summed E-state index contributed by atoms with van der Waals surface area (Å²) in [6, 6.07) is 12.6. The molecule has 27 heavy (non-hydrogen) atoms. The van der Waals surface area contributed by atoms with Crippen LogP contribution in [0.1, 0.15) is 21.7 Å². The Morgan fingerprint density at radius 1 is 1.11 bits per heavy atom. The second-order valence-electron chi connectivity index (χ2n) is 7.01. The van der Waals surface area contributed by atoms with Gasteiger partial charge in [-0.2, -0.15) is 0 Å². The van der Waals surface area contributed by atoms with Gasteiger partial charge in [-0.15, -0.1) is 11.3 Å². The van der Waals surface area contributed by atoms with Crippen molar-refractivity contribution < 1.29 is 0 Å². The molecule has 1 aliphatic rings. The summed E-state index contributed by atoms with van der Waals surface area (Å²) in [4.78, 5) is 17.5. The van der Waals surface area contributed by atoms with E-state index >= 15 is 0 Å². The molecule has 134 valence electrons. The van der Waals surface area contributed by atoms with Crippen molar-refractivity contribution in [1.29, 1.82) is 0 Å². The Balaban J connectivity index is 1.37. The molecule has 0 saturated heterocycles. The van der Waals surface area contributed by atoms with Gasteiger partial charge in [-0.1, -0.05) is 18.2 Å². The number of rotatable bonds is 3. The Bertz CT molecular complexity index is 1100. The van der Waals surface area contributed by atoms with E-state index in [1.165, 1.54) is 31.8 Å². The van der Waals surface area contributed by atoms with E-state index < -0.39 is 0 Å². The molecule has 5 rings (SSSR count). The highest BCUT2D eigenvalue weighted by Gasteiger charge is 2.20. The van der Waals surface area contributed by atoms with Crippen LogP contribution in [0.5, 0.6) is 0 Å². The largest absolute Gasteiger partial charge is 0.293 e. The van der Waals surface area contributed by atoms with Crippen molar-refractivity contribution in [2.45, 2.75) is 26.4 Å². The number of aromatic nitrogens is 3. The van der Waals surface area contributed by atoms with Gasteiger partial charge in [0.15, 0.2) is 5.82 Å². The summed E-state index contributed by atoms with van der Waals surface area (Å²) in [7, 11) is 0. The molecule has 0 aliphatic carbocycles. The second kappa shape index (κ2) is 6.83. The molecule has 0 fully saturated rings. The SMILES string of the molecule is Cc1c(CN2CCc3nc(-c4ccncc4)ncc3C2)sc2ccccc12. The van der Waals surface area contributed by atoms with Crippen LogP contribution in [0, 0.1) is 6.92 Å². The zero-order valence-electron chi connectivity index (χ0n) is 15.2. The molecule has 4 aromatic rings. The number of hydrogen-bond donors (Lipinski definition) is 0. The summed E-state index contributed by atoms with van der Waals surface area (Å²) >= 11 is 1.92. The van der Waals surface area contributed by atoms with Gasteiger partial charge in [0.1, 0.15) is 0 Å². The second-order valence-corrected chi connectivity index (χ2v) is 8.15. The number of fused-ring (bicyclic) bond motifs is 2. The Labute approximate surface area is 162 Å². The zero-order valence-corrected chi connectivity index (χ0v) is 16.0. The van der Waals surface area contributed by atoms with E-state index in [0.29, 0.717) is 0 Å². The summed E-state index contributed by atoms with van der Waals surface area (Å²) in [5.41, 5.74) is 4.88. The first kappa shape index (κ1) is 16.5. The maximum absolute atomic E-state index is 4.81. The smallest absolute Gasteiger partial charge is 0.159 e. The van der Waals surface area contributed by atoms with Crippen LogP contribution in [0.3, 0.4) is 0 Å². The van der Waals surface area contributed by atoms with Crippen molar-refractivity contribution in [2.24, 2.45) is 0 Å². The van der Waals surface area contributed by atoms with Crippen LogP contribution < -0.4 is 0 Å². The average molecular weight is 372 g/mol. The van der Waals surface area contributed by atoms with Gasteiger partial charge in [0.25, 0.3) is 0 Å². The van der Waals surface area contributed by atoms with Crippen molar-refractivity contribution in [1.82, 2.24) is 19.9 Å². The third kappa shape index (κ3) is 3.13. The normalized spacial score (nSPS) is 14.4. The fourth-order valence-electron chi connectivity index (χ4n) is 3.73. The summed E-state index contributed by atoms with van der Waals surface area (Å²) in [5.74, 6) is 0.796. The molecule has 0 spiro atoms. The van der Waals surface area contributed by atoms with Crippen LogP contribution in [0.25, 0.3) is 21.5 Å². The molecule has 0 atom stereocenters. The number of hydrogen-bond acceptors (Lipinski definition) is 5. The molecule has 0 unspecified atom stereocenters. The van der Waals surface area contributed by atoms with Crippen LogP contribution in [0.2, 0.25) is 0 Å². The summed E-state index contributed by atoms with van der Waals surface area (Å²) < 4.78 is 1.38. The molecule has 4 heterocycles. The lowest BCUT2D eigenvalue weighted by molar-refractivity contribution is 0.245. The first-order chi connectivity index (χ1) is 13.3. The molecule has 0 bridgehead atoms. The first-order valence-electron chi connectivity index (χ1n) is 9.22. The predicted molar refractivity (Wildman–Crippen MR) is 110 cm³/mol. The minimum Gasteiger partial charge on any atom is -0.293 e. The van der Waals surface area contributed by atoms with Gasteiger partial charge in [0.05, 0.1) is 5.69 Å². The molecule has 0 N–H and O–H groups in total. The zero-order chi connectivity index (χ0) is 18.2. The van der Waals surface area contributed by atoms with Gasteiger partial charge in [-0.25, -0.2) is 9.97 Å². The molecule has 1 aromatic carbocycles. The minimum absolute atomic E-state index is 0.796. The van der Waals surface area contributed by atoms with E-state index in [4.69, 9.17) is 4.98 Å². The highest BCUT2D eigenvalue weighted by Crippen LogP contribution is 2.32. The molecule has 4 nitrogen and oxygen atoms in total. The van der Waals surface area contributed by atoms with Crippen LogP contribution in [0.4, 0.5) is 0 Å². The first-order valence-corrected chi connectivity index (χ1v) is 10.0. The van der Waals surface area contributed by atoms with Crippen molar-refractivity contribution in [2.75, 3.05) is 6.54 Å². The van der Waals surface area contributed by atoms with E-state index in [0.717, 1.165) is 37.4 Å². The van der Waals surface area contributed by atoms with E-state index in [1.807, 2.05) is 29.7 Å². The lowest BCUT2D eigenvalue weighted by atomic mass is 10.1. The van der Waals surface area contributed by atoms with Gasteiger partial charge in [-0.3, -0.25) is 9.88 Å². The maximum Gasteiger partial charge on any atom is 0.159 e. The highest BCUT2D eigenvalue weighted by atomic mass is 32.1. The van der Waals surface area contributed by atoms with E-state index in [9.17, 15) is 0 Å². The monoisotopic (exact) mass is 372 g/mol. The summed E-state index contributed by atoms with van der Waals surface area (Å²) in [6.45, 7) is 5.19. The van der Waals surface area contributed by atoms with Crippen molar-refractivity contribution >= 4 is 21.4 Å². The van der Waals surface area contributed by atoms with Crippen molar-refractivity contribution in [3.8, 4) is 11.4 Å². The van der Waals surface area contributed by atoms with Gasteiger partial charge in [-0.05, 0) is 36.1 Å². The van der Waals surface area contributed by atoms with Crippen LogP contribution in [-0.2, 0) is 19.5 Å². The lowest BCUT2D eigenvalue weighted by Crippen LogP contribution is -2.30. The number of pyridine rings is 1. The van der Waals surface area contributed by atoms with Gasteiger partial charge >= 0.3 is 0 Å². The van der Waals surface area contributed by atoms with Crippen LogP contribution in [0.15, 0.2) is 55.0 Å². The minimum atomic E-state index is 0.796. The summed E-state index contributed by atoms with van der Waals surface area (Å²) in [5, 5.41) is 1.39. The summed E-state index contributed by atoms with van der Waals surface area (Å²) in [6.07, 6.45) is 6.54. The molecule has 0 saturated carbocycles. The Kier molecular flexibility index (Phi) is 4.19. The molecule has 5 heteroatoms. The molecule has 3 aromatic heterocycles. The molecular formula is C22H20N4S. The standard InChI is InChI=1S/C22H20N4S/c1-15-18-4-2-3-5-20(18)27-21(15)14-26-11-8-19-17(13-26)12-24-22(25-19)16-6-9-23-10-7-16/h2-7,9-10,12H,8,11,13-14H2,1H3. The number of thiophene rings is 1. The van der Waals surface area contributed by atoms with E-state index in [2.05, 4.69) is 46.1 Å². The van der Waals surface area contributed by atoms with Gasteiger partial charge < -0.3 is 0 Å². The maximum atomic E-state index is 4.81.